The summed E-state index contributed by atoms with van der Waals surface area (Å²) in [6, 6.07) is 22.1. The van der Waals surface area contributed by atoms with E-state index in [1.54, 1.807) is 7.11 Å². The molecule has 0 aromatic heterocycles. The third kappa shape index (κ3) is 4.03. The van der Waals surface area contributed by atoms with Crippen molar-refractivity contribution in [2.24, 2.45) is 0 Å². The quantitative estimate of drug-likeness (QED) is 0.719. The van der Waals surface area contributed by atoms with Crippen molar-refractivity contribution in [2.75, 3.05) is 19.5 Å². The molecule has 0 radical (unpaired) electrons. The van der Waals surface area contributed by atoms with Gasteiger partial charge in [0.05, 0.1) is 19.8 Å². The second-order valence-corrected chi connectivity index (χ2v) is 6.62. The van der Waals surface area contributed by atoms with Crippen LogP contribution in [0.4, 0.5) is 5.69 Å². The second kappa shape index (κ2) is 8.02. The highest BCUT2D eigenvalue weighted by molar-refractivity contribution is 5.95. The van der Waals surface area contributed by atoms with Crippen molar-refractivity contribution in [3.05, 3.63) is 72.3 Å². The maximum absolute atomic E-state index is 12.6. The van der Waals surface area contributed by atoms with Gasteiger partial charge in [-0.25, -0.2) is 0 Å². The Balaban J connectivity index is 1.68. The van der Waals surface area contributed by atoms with E-state index in [0.717, 1.165) is 11.4 Å². The highest BCUT2D eigenvalue weighted by atomic mass is 16.5. The fourth-order valence-corrected chi connectivity index (χ4v) is 3.04. The lowest BCUT2D eigenvalue weighted by Gasteiger charge is -2.22. The maximum atomic E-state index is 12.6. The van der Waals surface area contributed by atoms with Gasteiger partial charge in [-0.2, -0.15) is 0 Å². The Bertz CT molecular complexity index is 907. The number of ether oxygens (including phenoxy) is 1. The molecule has 0 aliphatic carbocycles. The van der Waals surface area contributed by atoms with E-state index < -0.39 is 0 Å². The minimum absolute atomic E-state index is 0.0206. The summed E-state index contributed by atoms with van der Waals surface area (Å²) in [4.78, 5) is 13.8. The van der Waals surface area contributed by atoms with Gasteiger partial charge in [-0.15, -0.1) is 0 Å². The summed E-state index contributed by atoms with van der Waals surface area (Å²) >= 11 is 0. The van der Waals surface area contributed by atoms with Gasteiger partial charge in [-0.3, -0.25) is 4.79 Å². The van der Waals surface area contributed by atoms with E-state index in [1.807, 2.05) is 50.4 Å². The van der Waals surface area contributed by atoms with Crippen LogP contribution in [0, 0.1) is 0 Å². The molecular formula is C22H25N2O2+. The number of nitrogens with one attached hydrogen (secondary N) is 2. The van der Waals surface area contributed by atoms with Gasteiger partial charge in [0, 0.05) is 5.56 Å². The number of likely N-dealkylation sites (N-methyl/N-ethyl adjacent to an activating group) is 1. The van der Waals surface area contributed by atoms with Crippen LogP contribution in [0.25, 0.3) is 10.8 Å². The predicted octanol–water partition coefficient (Wildman–Crippen LogP) is 2.89. The lowest BCUT2D eigenvalue weighted by molar-refractivity contribution is -0.907. The van der Waals surface area contributed by atoms with Crippen molar-refractivity contribution in [3.8, 4) is 5.75 Å². The van der Waals surface area contributed by atoms with E-state index in [9.17, 15) is 4.79 Å². The third-order valence-corrected chi connectivity index (χ3v) is 4.79. The zero-order chi connectivity index (χ0) is 18.5. The third-order valence-electron chi connectivity index (χ3n) is 4.79. The van der Waals surface area contributed by atoms with Crippen molar-refractivity contribution in [2.45, 2.75) is 19.5 Å². The Morgan fingerprint density at radius 2 is 1.73 bits per heavy atom. The van der Waals surface area contributed by atoms with Crippen LogP contribution in [0.2, 0.25) is 0 Å². The number of hydrogen-bond donors (Lipinski definition) is 2. The van der Waals surface area contributed by atoms with Crippen LogP contribution in [-0.2, 0) is 11.3 Å². The van der Waals surface area contributed by atoms with E-state index >= 15 is 0 Å². The molecule has 0 fully saturated rings. The highest BCUT2D eigenvalue weighted by Gasteiger charge is 2.23. The Labute approximate surface area is 154 Å². The summed E-state index contributed by atoms with van der Waals surface area (Å²) in [7, 11) is 3.65. The number of carbonyl (C=O) groups is 1. The molecule has 0 spiro atoms. The Kier molecular flexibility index (Phi) is 5.54. The number of methoxy groups -OCH3 is 1. The first-order valence-corrected chi connectivity index (χ1v) is 8.82. The Morgan fingerprint density at radius 3 is 2.50 bits per heavy atom. The molecule has 3 aromatic rings. The van der Waals surface area contributed by atoms with Crippen molar-refractivity contribution in [1.29, 1.82) is 0 Å². The summed E-state index contributed by atoms with van der Waals surface area (Å²) < 4.78 is 5.30. The topological polar surface area (TPSA) is 42.8 Å². The van der Waals surface area contributed by atoms with Crippen molar-refractivity contribution >= 4 is 22.4 Å². The van der Waals surface area contributed by atoms with Gasteiger partial charge in [0.15, 0.2) is 6.04 Å². The fourth-order valence-electron chi connectivity index (χ4n) is 3.04. The van der Waals surface area contributed by atoms with E-state index in [1.165, 1.54) is 16.3 Å². The van der Waals surface area contributed by atoms with Crippen LogP contribution < -0.4 is 15.0 Å². The minimum Gasteiger partial charge on any atom is -0.495 e. The van der Waals surface area contributed by atoms with Gasteiger partial charge >= 0.3 is 0 Å². The van der Waals surface area contributed by atoms with Crippen LogP contribution in [0.1, 0.15) is 12.5 Å². The average molecular weight is 349 g/mol. The molecule has 26 heavy (non-hydrogen) atoms. The molecule has 2 N–H and O–H groups in total. The molecule has 0 aliphatic heterocycles. The SMILES string of the molecule is COc1ccccc1NC(=O)[C@@H](C)[NH+](C)Cc1ccc2ccccc2c1. The van der Waals surface area contributed by atoms with Crippen LogP contribution in [0.15, 0.2) is 66.7 Å². The van der Waals surface area contributed by atoms with Crippen molar-refractivity contribution < 1.29 is 14.4 Å². The monoisotopic (exact) mass is 349 g/mol. The molecule has 4 nitrogen and oxygen atoms in total. The molecule has 4 heteroatoms. The van der Waals surface area contributed by atoms with Gasteiger partial charge in [0.1, 0.15) is 12.3 Å². The molecular weight excluding hydrogens is 324 g/mol. The number of benzene rings is 3. The number of amides is 1. The molecule has 0 aliphatic rings. The molecule has 2 atom stereocenters. The normalized spacial score (nSPS) is 13.2. The number of para-hydroxylation sites is 2. The minimum atomic E-state index is -0.189. The van der Waals surface area contributed by atoms with Crippen LogP contribution >= 0.6 is 0 Å². The Hall–Kier alpha value is -2.85. The molecule has 0 saturated heterocycles. The summed E-state index contributed by atoms with van der Waals surface area (Å²) in [5, 5.41) is 5.43. The van der Waals surface area contributed by atoms with Gasteiger partial charge in [-0.1, -0.05) is 48.5 Å². The molecule has 134 valence electrons. The molecule has 0 saturated carbocycles. The number of quaternary nitrogens is 1. The predicted molar refractivity (Wildman–Crippen MR) is 106 cm³/mol. The zero-order valence-electron chi connectivity index (χ0n) is 15.5. The second-order valence-electron chi connectivity index (χ2n) is 6.62. The van der Waals surface area contributed by atoms with Gasteiger partial charge in [0.25, 0.3) is 5.91 Å². The van der Waals surface area contributed by atoms with E-state index in [4.69, 9.17) is 4.74 Å². The molecule has 1 unspecified atom stereocenters. The molecule has 3 aromatic carbocycles. The van der Waals surface area contributed by atoms with Gasteiger partial charge in [0.2, 0.25) is 0 Å². The lowest BCUT2D eigenvalue weighted by Crippen LogP contribution is -3.12. The largest absolute Gasteiger partial charge is 0.495 e. The Morgan fingerprint density at radius 1 is 1.04 bits per heavy atom. The summed E-state index contributed by atoms with van der Waals surface area (Å²) in [6.45, 7) is 2.73. The average Bonchev–Trinajstić information content (AvgIpc) is 2.67. The lowest BCUT2D eigenvalue weighted by atomic mass is 10.1. The fraction of sp³-hybridized carbons (Fsp3) is 0.227. The van der Waals surface area contributed by atoms with Crippen molar-refractivity contribution in [3.63, 3.8) is 0 Å². The van der Waals surface area contributed by atoms with Crippen LogP contribution in [0.3, 0.4) is 0 Å². The molecule has 0 heterocycles. The number of carbonyl (C=O) groups excluding carboxylic acids is 1. The van der Waals surface area contributed by atoms with E-state index in [0.29, 0.717) is 11.4 Å². The zero-order valence-corrected chi connectivity index (χ0v) is 15.5. The van der Waals surface area contributed by atoms with Gasteiger partial charge in [-0.05, 0) is 35.9 Å². The summed E-state index contributed by atoms with van der Waals surface area (Å²) in [5.74, 6) is 0.646. The summed E-state index contributed by atoms with van der Waals surface area (Å²) in [6.07, 6.45) is 0. The number of hydrogen-bond acceptors (Lipinski definition) is 2. The molecule has 1 amide bonds. The van der Waals surface area contributed by atoms with E-state index in [-0.39, 0.29) is 11.9 Å². The van der Waals surface area contributed by atoms with Crippen LogP contribution in [0.5, 0.6) is 5.75 Å². The number of anilines is 1. The van der Waals surface area contributed by atoms with Crippen molar-refractivity contribution in [1.82, 2.24) is 0 Å². The maximum Gasteiger partial charge on any atom is 0.282 e. The number of fused-ring (bicyclic) bond motifs is 1. The van der Waals surface area contributed by atoms with E-state index in [2.05, 4.69) is 35.6 Å². The summed E-state index contributed by atoms with van der Waals surface area (Å²) in [5.41, 5.74) is 1.92. The highest BCUT2D eigenvalue weighted by Crippen LogP contribution is 2.23. The molecule has 3 rings (SSSR count). The van der Waals surface area contributed by atoms with Crippen LogP contribution in [-0.4, -0.2) is 26.1 Å². The number of rotatable bonds is 6. The first kappa shape index (κ1) is 18.0. The molecule has 0 bridgehead atoms. The van der Waals surface area contributed by atoms with Gasteiger partial charge < -0.3 is 15.0 Å². The smallest absolute Gasteiger partial charge is 0.282 e. The standard InChI is InChI=1S/C22H24N2O2/c1-16(22(25)23-20-10-6-7-11-21(20)26-3)24(2)15-17-12-13-18-8-4-5-9-19(18)14-17/h4-14,16H,15H2,1-3H3,(H,23,25)/p+1/t16-/m1/s1. The first-order chi connectivity index (χ1) is 12.6. The first-order valence-electron chi connectivity index (χ1n) is 8.82.